The van der Waals surface area contributed by atoms with Crippen molar-refractivity contribution < 1.29 is 13.2 Å². The highest BCUT2D eigenvalue weighted by Gasteiger charge is 2.23. The molecule has 1 heterocycles. The zero-order chi connectivity index (χ0) is 17.9. The number of benzene rings is 1. The summed E-state index contributed by atoms with van der Waals surface area (Å²) in [6.45, 7) is 3.43. The summed E-state index contributed by atoms with van der Waals surface area (Å²) in [6, 6.07) is 8.00. The van der Waals surface area contributed by atoms with Crippen LogP contribution in [0.1, 0.15) is 11.1 Å². The SMILES string of the molecule is Cc1ccc(S(=O)(=O)N(C)CC(=O)Nc2ccc(Cl)cn2)cc1C. The molecule has 24 heavy (non-hydrogen) atoms. The van der Waals surface area contributed by atoms with E-state index < -0.39 is 15.9 Å². The van der Waals surface area contributed by atoms with Crippen LogP contribution in [0, 0.1) is 13.8 Å². The molecule has 0 fully saturated rings. The molecule has 1 amide bonds. The molecule has 0 aliphatic rings. The molecule has 2 aromatic rings. The van der Waals surface area contributed by atoms with Crippen molar-refractivity contribution in [2.24, 2.45) is 0 Å². The smallest absolute Gasteiger partial charge is 0.243 e. The number of rotatable bonds is 5. The Hall–Kier alpha value is -1.96. The fourth-order valence-electron chi connectivity index (χ4n) is 1.97. The van der Waals surface area contributed by atoms with E-state index in [0.717, 1.165) is 15.4 Å². The van der Waals surface area contributed by atoms with Gasteiger partial charge in [-0.1, -0.05) is 17.7 Å². The Morgan fingerprint density at radius 1 is 1.21 bits per heavy atom. The number of pyridine rings is 1. The van der Waals surface area contributed by atoms with Crippen molar-refractivity contribution in [1.29, 1.82) is 0 Å². The summed E-state index contributed by atoms with van der Waals surface area (Å²) in [5.41, 5.74) is 1.88. The number of amides is 1. The minimum absolute atomic E-state index is 0.158. The Kier molecular flexibility index (Phi) is 5.58. The standard InChI is InChI=1S/C16H18ClN3O3S/c1-11-4-6-14(8-12(11)2)24(22,23)20(3)10-16(21)19-15-7-5-13(17)9-18-15/h4-9H,10H2,1-3H3,(H,18,19,21). The molecule has 0 aliphatic carbocycles. The predicted octanol–water partition coefficient (Wildman–Crippen LogP) is 2.61. The first-order valence-corrected chi connectivity index (χ1v) is 8.97. The van der Waals surface area contributed by atoms with Gasteiger partial charge in [-0.05, 0) is 49.2 Å². The lowest BCUT2D eigenvalue weighted by molar-refractivity contribution is -0.116. The summed E-state index contributed by atoms with van der Waals surface area (Å²) in [5, 5.41) is 2.98. The average Bonchev–Trinajstić information content (AvgIpc) is 2.52. The third-order valence-electron chi connectivity index (χ3n) is 3.55. The molecular weight excluding hydrogens is 350 g/mol. The Balaban J connectivity index is 2.09. The first-order chi connectivity index (χ1) is 11.2. The second-order valence-electron chi connectivity index (χ2n) is 5.42. The zero-order valence-electron chi connectivity index (χ0n) is 13.6. The van der Waals surface area contributed by atoms with Gasteiger partial charge >= 0.3 is 0 Å². The van der Waals surface area contributed by atoms with E-state index in [4.69, 9.17) is 11.6 Å². The van der Waals surface area contributed by atoms with Crippen LogP contribution in [0.5, 0.6) is 0 Å². The lowest BCUT2D eigenvalue weighted by Crippen LogP contribution is -2.35. The van der Waals surface area contributed by atoms with Gasteiger partial charge in [-0.15, -0.1) is 0 Å². The number of hydrogen-bond acceptors (Lipinski definition) is 4. The Bertz CT molecular complexity index is 851. The van der Waals surface area contributed by atoms with Crippen LogP contribution in [0.3, 0.4) is 0 Å². The number of aryl methyl sites for hydroxylation is 2. The van der Waals surface area contributed by atoms with Gasteiger partial charge < -0.3 is 5.32 Å². The Morgan fingerprint density at radius 2 is 1.92 bits per heavy atom. The molecule has 1 N–H and O–H groups in total. The fraction of sp³-hybridized carbons (Fsp3) is 0.250. The van der Waals surface area contributed by atoms with E-state index in [1.165, 1.54) is 25.4 Å². The molecule has 2 rings (SSSR count). The second-order valence-corrected chi connectivity index (χ2v) is 7.90. The lowest BCUT2D eigenvalue weighted by atomic mass is 10.1. The zero-order valence-corrected chi connectivity index (χ0v) is 15.1. The quantitative estimate of drug-likeness (QED) is 0.880. The molecule has 0 unspecified atom stereocenters. The molecule has 1 aromatic carbocycles. The van der Waals surface area contributed by atoms with Gasteiger partial charge in [0.15, 0.2) is 0 Å². The monoisotopic (exact) mass is 367 g/mol. The van der Waals surface area contributed by atoms with Crippen LogP contribution >= 0.6 is 11.6 Å². The van der Waals surface area contributed by atoms with Gasteiger partial charge in [-0.25, -0.2) is 13.4 Å². The van der Waals surface area contributed by atoms with Gasteiger partial charge in [0, 0.05) is 13.2 Å². The maximum Gasteiger partial charge on any atom is 0.243 e. The highest BCUT2D eigenvalue weighted by Crippen LogP contribution is 2.18. The number of sulfonamides is 1. The number of halogens is 1. The van der Waals surface area contributed by atoms with E-state index in [9.17, 15) is 13.2 Å². The van der Waals surface area contributed by atoms with Gasteiger partial charge in [0.05, 0.1) is 16.5 Å². The van der Waals surface area contributed by atoms with E-state index in [-0.39, 0.29) is 11.4 Å². The van der Waals surface area contributed by atoms with Crippen molar-refractivity contribution in [2.75, 3.05) is 18.9 Å². The Labute approximate surface area is 146 Å². The highest BCUT2D eigenvalue weighted by atomic mass is 35.5. The number of nitrogens with zero attached hydrogens (tertiary/aromatic N) is 2. The van der Waals surface area contributed by atoms with E-state index in [1.807, 2.05) is 13.8 Å². The van der Waals surface area contributed by atoms with Gasteiger partial charge in [0.1, 0.15) is 5.82 Å². The average molecular weight is 368 g/mol. The van der Waals surface area contributed by atoms with Crippen molar-refractivity contribution in [3.8, 4) is 0 Å². The largest absolute Gasteiger partial charge is 0.310 e. The molecule has 0 bridgehead atoms. The van der Waals surface area contributed by atoms with Gasteiger partial charge in [0.25, 0.3) is 0 Å². The first-order valence-electron chi connectivity index (χ1n) is 7.15. The first kappa shape index (κ1) is 18.4. The lowest BCUT2D eigenvalue weighted by Gasteiger charge is -2.17. The third kappa shape index (κ3) is 4.31. The summed E-state index contributed by atoms with van der Waals surface area (Å²) in [7, 11) is -2.38. The second kappa shape index (κ2) is 7.29. The molecule has 8 heteroatoms. The minimum atomic E-state index is -3.74. The van der Waals surface area contributed by atoms with Crippen molar-refractivity contribution in [2.45, 2.75) is 18.7 Å². The number of carbonyl (C=O) groups excluding carboxylic acids is 1. The van der Waals surface area contributed by atoms with Crippen molar-refractivity contribution in [3.05, 3.63) is 52.7 Å². The van der Waals surface area contributed by atoms with Crippen LogP contribution in [-0.4, -0.2) is 37.2 Å². The number of likely N-dealkylation sites (N-methyl/N-ethyl adjacent to an activating group) is 1. The summed E-state index contributed by atoms with van der Waals surface area (Å²) >= 11 is 5.72. The van der Waals surface area contributed by atoms with Gasteiger partial charge in [-0.2, -0.15) is 4.31 Å². The summed E-state index contributed by atoms with van der Waals surface area (Å²) in [4.78, 5) is 16.1. The van der Waals surface area contributed by atoms with Crippen LogP contribution < -0.4 is 5.32 Å². The predicted molar refractivity (Wildman–Crippen MR) is 93.6 cm³/mol. The van der Waals surface area contributed by atoms with Crippen molar-refractivity contribution in [3.63, 3.8) is 0 Å². The summed E-state index contributed by atoms with van der Waals surface area (Å²) in [5.74, 6) is -0.180. The molecule has 0 aliphatic heterocycles. The molecule has 6 nitrogen and oxygen atoms in total. The molecular formula is C16H18ClN3O3S. The van der Waals surface area contributed by atoms with Crippen LogP contribution in [0.2, 0.25) is 5.02 Å². The van der Waals surface area contributed by atoms with Crippen LogP contribution in [0.4, 0.5) is 5.82 Å². The number of anilines is 1. The van der Waals surface area contributed by atoms with Crippen LogP contribution in [0.15, 0.2) is 41.4 Å². The van der Waals surface area contributed by atoms with Gasteiger partial charge in [0.2, 0.25) is 15.9 Å². The summed E-state index contributed by atoms with van der Waals surface area (Å²) < 4.78 is 26.1. The number of hydrogen-bond donors (Lipinski definition) is 1. The normalized spacial score (nSPS) is 11.5. The molecule has 0 radical (unpaired) electrons. The number of carbonyl (C=O) groups is 1. The van der Waals surface area contributed by atoms with E-state index in [1.54, 1.807) is 18.2 Å². The van der Waals surface area contributed by atoms with E-state index >= 15 is 0 Å². The van der Waals surface area contributed by atoms with Crippen LogP contribution in [-0.2, 0) is 14.8 Å². The van der Waals surface area contributed by atoms with Crippen molar-refractivity contribution >= 4 is 33.3 Å². The topological polar surface area (TPSA) is 79.4 Å². The molecule has 128 valence electrons. The summed E-state index contributed by atoms with van der Waals surface area (Å²) in [6.07, 6.45) is 1.40. The molecule has 0 saturated heterocycles. The third-order valence-corrected chi connectivity index (χ3v) is 5.57. The van der Waals surface area contributed by atoms with Gasteiger partial charge in [-0.3, -0.25) is 4.79 Å². The highest BCUT2D eigenvalue weighted by molar-refractivity contribution is 7.89. The Morgan fingerprint density at radius 3 is 2.50 bits per heavy atom. The molecule has 1 aromatic heterocycles. The van der Waals surface area contributed by atoms with E-state index in [2.05, 4.69) is 10.3 Å². The van der Waals surface area contributed by atoms with E-state index in [0.29, 0.717) is 10.8 Å². The molecule has 0 saturated carbocycles. The molecule has 0 spiro atoms. The van der Waals surface area contributed by atoms with Crippen molar-refractivity contribution in [1.82, 2.24) is 9.29 Å². The maximum atomic E-state index is 12.5. The number of nitrogens with one attached hydrogen (secondary N) is 1. The fourth-order valence-corrected chi connectivity index (χ4v) is 3.30. The number of aromatic nitrogens is 1. The minimum Gasteiger partial charge on any atom is -0.310 e. The molecule has 0 atom stereocenters. The maximum absolute atomic E-state index is 12.5. The van der Waals surface area contributed by atoms with Crippen LogP contribution in [0.25, 0.3) is 0 Å².